The highest BCUT2D eigenvalue weighted by Gasteiger charge is 2.18. The van der Waals surface area contributed by atoms with Crippen molar-refractivity contribution >= 4 is 11.6 Å². The fourth-order valence-corrected chi connectivity index (χ4v) is 2.24. The normalized spacial score (nSPS) is 11.3. The summed E-state index contributed by atoms with van der Waals surface area (Å²) in [6.45, 7) is 3.42. The first-order chi connectivity index (χ1) is 10.0. The zero-order valence-corrected chi connectivity index (χ0v) is 12.7. The first kappa shape index (κ1) is 15.4. The molecule has 0 aliphatic heterocycles. The fraction of sp³-hybridized carbons (Fsp3) is 0.467. The minimum absolute atomic E-state index is 0.205. The molecule has 0 aliphatic rings. The van der Waals surface area contributed by atoms with Crippen LogP contribution in [0.5, 0.6) is 0 Å². The zero-order valence-electron chi connectivity index (χ0n) is 12.7. The number of imidazole rings is 1. The monoisotopic (exact) mass is 292 g/mol. The molecule has 2 heterocycles. The van der Waals surface area contributed by atoms with Gasteiger partial charge in [-0.25, -0.2) is 9.37 Å². The SMILES string of the molecule is CCc1nc2ccc(F)cn2c1C(=O)NCCCN(C)C. The van der Waals surface area contributed by atoms with E-state index in [1.807, 2.05) is 21.0 Å². The molecule has 0 saturated heterocycles. The largest absolute Gasteiger partial charge is 0.351 e. The Morgan fingerprint density at radius 1 is 1.43 bits per heavy atom. The van der Waals surface area contributed by atoms with Gasteiger partial charge in [-0.15, -0.1) is 0 Å². The van der Waals surface area contributed by atoms with Crippen LogP contribution in [0.1, 0.15) is 29.5 Å². The summed E-state index contributed by atoms with van der Waals surface area (Å²) in [4.78, 5) is 18.8. The number of nitrogens with zero attached hydrogens (tertiary/aromatic N) is 3. The van der Waals surface area contributed by atoms with Crippen LogP contribution in [0.15, 0.2) is 18.3 Å². The molecule has 0 saturated carbocycles. The summed E-state index contributed by atoms with van der Waals surface area (Å²) in [6, 6.07) is 2.93. The third kappa shape index (κ3) is 3.58. The lowest BCUT2D eigenvalue weighted by Gasteiger charge is -2.10. The van der Waals surface area contributed by atoms with E-state index in [9.17, 15) is 9.18 Å². The Labute approximate surface area is 123 Å². The summed E-state index contributed by atoms with van der Waals surface area (Å²) in [5, 5.41) is 2.88. The van der Waals surface area contributed by atoms with Crippen molar-refractivity contribution in [3.05, 3.63) is 35.5 Å². The van der Waals surface area contributed by atoms with Crippen LogP contribution < -0.4 is 5.32 Å². The predicted molar refractivity (Wildman–Crippen MR) is 80.0 cm³/mol. The highest BCUT2D eigenvalue weighted by atomic mass is 19.1. The van der Waals surface area contributed by atoms with Gasteiger partial charge in [-0.05, 0) is 45.6 Å². The number of aryl methyl sites for hydroxylation is 1. The van der Waals surface area contributed by atoms with Crippen LogP contribution in [0.25, 0.3) is 5.65 Å². The van der Waals surface area contributed by atoms with Crippen molar-refractivity contribution in [1.29, 1.82) is 0 Å². The molecule has 1 amide bonds. The van der Waals surface area contributed by atoms with Crippen LogP contribution in [0.4, 0.5) is 4.39 Å². The van der Waals surface area contributed by atoms with E-state index in [0.29, 0.717) is 30.0 Å². The molecule has 0 radical (unpaired) electrons. The Kier molecular flexibility index (Phi) is 4.90. The van der Waals surface area contributed by atoms with Gasteiger partial charge in [0.1, 0.15) is 17.2 Å². The summed E-state index contributed by atoms with van der Waals surface area (Å²) in [5.41, 5.74) is 1.70. The number of carbonyl (C=O) groups is 1. The molecule has 1 N–H and O–H groups in total. The number of hydrogen-bond donors (Lipinski definition) is 1. The van der Waals surface area contributed by atoms with Crippen molar-refractivity contribution in [3.63, 3.8) is 0 Å². The number of aromatic nitrogens is 2. The minimum atomic E-state index is -0.385. The number of fused-ring (bicyclic) bond motifs is 1. The molecular formula is C15H21FN4O. The summed E-state index contributed by atoms with van der Waals surface area (Å²) in [6.07, 6.45) is 2.80. The van der Waals surface area contributed by atoms with Crippen molar-refractivity contribution in [2.75, 3.05) is 27.2 Å². The Bertz CT molecular complexity index is 636. The van der Waals surface area contributed by atoms with Gasteiger partial charge in [0.2, 0.25) is 0 Å². The summed E-state index contributed by atoms with van der Waals surface area (Å²) < 4.78 is 14.9. The molecule has 0 aliphatic carbocycles. The molecule has 0 aromatic carbocycles. The van der Waals surface area contributed by atoms with Gasteiger partial charge in [0.25, 0.3) is 5.91 Å². The summed E-state index contributed by atoms with van der Waals surface area (Å²) in [7, 11) is 3.98. The first-order valence-electron chi connectivity index (χ1n) is 7.12. The smallest absolute Gasteiger partial charge is 0.270 e. The Morgan fingerprint density at radius 2 is 2.19 bits per heavy atom. The zero-order chi connectivity index (χ0) is 15.4. The molecule has 2 rings (SSSR count). The van der Waals surface area contributed by atoms with E-state index < -0.39 is 0 Å². The van der Waals surface area contributed by atoms with Crippen molar-refractivity contribution in [2.45, 2.75) is 19.8 Å². The molecule has 0 bridgehead atoms. The molecule has 0 unspecified atom stereocenters. The topological polar surface area (TPSA) is 49.6 Å². The Hall–Kier alpha value is -1.95. The van der Waals surface area contributed by atoms with Crippen LogP contribution in [-0.4, -0.2) is 47.4 Å². The third-order valence-corrected chi connectivity index (χ3v) is 3.27. The first-order valence-corrected chi connectivity index (χ1v) is 7.12. The van der Waals surface area contributed by atoms with Gasteiger partial charge in [-0.2, -0.15) is 0 Å². The highest BCUT2D eigenvalue weighted by molar-refractivity contribution is 5.94. The van der Waals surface area contributed by atoms with Gasteiger partial charge in [0, 0.05) is 12.7 Å². The van der Waals surface area contributed by atoms with Crippen LogP contribution in [0, 0.1) is 5.82 Å². The highest BCUT2D eigenvalue weighted by Crippen LogP contribution is 2.14. The van der Waals surface area contributed by atoms with Gasteiger partial charge in [-0.3, -0.25) is 9.20 Å². The van der Waals surface area contributed by atoms with Crippen LogP contribution in [-0.2, 0) is 6.42 Å². The van der Waals surface area contributed by atoms with Gasteiger partial charge >= 0.3 is 0 Å². The third-order valence-electron chi connectivity index (χ3n) is 3.27. The van der Waals surface area contributed by atoms with Crippen molar-refractivity contribution in [2.24, 2.45) is 0 Å². The van der Waals surface area contributed by atoms with E-state index in [1.165, 1.54) is 16.7 Å². The number of hydrogen-bond acceptors (Lipinski definition) is 3. The summed E-state index contributed by atoms with van der Waals surface area (Å²) in [5.74, 6) is -0.590. The Balaban J connectivity index is 2.19. The predicted octanol–water partition coefficient (Wildman–Crippen LogP) is 1.72. The maximum atomic E-state index is 13.4. The van der Waals surface area contributed by atoms with Crippen molar-refractivity contribution in [3.8, 4) is 0 Å². The Morgan fingerprint density at radius 3 is 2.86 bits per heavy atom. The molecule has 2 aromatic heterocycles. The second-order valence-corrected chi connectivity index (χ2v) is 5.25. The molecule has 6 heteroatoms. The molecule has 0 fully saturated rings. The maximum absolute atomic E-state index is 13.4. The molecule has 21 heavy (non-hydrogen) atoms. The van der Waals surface area contributed by atoms with Crippen LogP contribution >= 0.6 is 0 Å². The number of halogens is 1. The average Bonchev–Trinajstić information content (AvgIpc) is 2.80. The maximum Gasteiger partial charge on any atom is 0.270 e. The average molecular weight is 292 g/mol. The molecule has 0 atom stereocenters. The van der Waals surface area contributed by atoms with Crippen LogP contribution in [0.2, 0.25) is 0 Å². The second kappa shape index (κ2) is 6.67. The van der Waals surface area contributed by atoms with Gasteiger partial charge in [-0.1, -0.05) is 6.92 Å². The minimum Gasteiger partial charge on any atom is -0.351 e. The number of pyridine rings is 1. The lowest BCUT2D eigenvalue weighted by atomic mass is 10.2. The molecule has 114 valence electrons. The lowest BCUT2D eigenvalue weighted by molar-refractivity contribution is 0.0945. The standard InChI is InChI=1S/C15H21FN4O/c1-4-12-14(15(21)17-8-5-9-19(2)3)20-10-11(16)6-7-13(20)18-12/h6-7,10H,4-5,8-9H2,1-3H3,(H,17,21). The molecule has 5 nitrogen and oxygen atoms in total. The van der Waals surface area contributed by atoms with E-state index in [0.717, 1.165) is 13.0 Å². The van der Waals surface area contributed by atoms with Gasteiger partial charge in [0.05, 0.1) is 5.69 Å². The van der Waals surface area contributed by atoms with E-state index in [1.54, 1.807) is 6.07 Å². The van der Waals surface area contributed by atoms with E-state index in [4.69, 9.17) is 0 Å². The molecular weight excluding hydrogens is 271 g/mol. The number of rotatable bonds is 6. The quantitative estimate of drug-likeness (QED) is 0.825. The van der Waals surface area contributed by atoms with Crippen molar-refractivity contribution in [1.82, 2.24) is 19.6 Å². The number of amides is 1. The molecule has 0 spiro atoms. The van der Waals surface area contributed by atoms with Gasteiger partial charge < -0.3 is 10.2 Å². The lowest BCUT2D eigenvalue weighted by Crippen LogP contribution is -2.28. The van der Waals surface area contributed by atoms with Crippen LogP contribution in [0.3, 0.4) is 0 Å². The summed E-state index contributed by atoms with van der Waals surface area (Å²) >= 11 is 0. The van der Waals surface area contributed by atoms with E-state index >= 15 is 0 Å². The number of nitrogens with one attached hydrogen (secondary N) is 1. The fourth-order valence-electron chi connectivity index (χ4n) is 2.24. The molecule has 2 aromatic rings. The second-order valence-electron chi connectivity index (χ2n) is 5.25. The van der Waals surface area contributed by atoms with Crippen molar-refractivity contribution < 1.29 is 9.18 Å². The van der Waals surface area contributed by atoms with Gasteiger partial charge in [0.15, 0.2) is 0 Å². The number of carbonyl (C=O) groups excluding carboxylic acids is 1. The van der Waals surface area contributed by atoms with E-state index in [-0.39, 0.29) is 11.7 Å². The van der Waals surface area contributed by atoms with E-state index in [2.05, 4.69) is 15.2 Å².